The topological polar surface area (TPSA) is 122 Å². The van der Waals surface area contributed by atoms with Crippen molar-refractivity contribution < 1.29 is 13.5 Å². The molecule has 41 heavy (non-hydrogen) atoms. The number of aromatic hydroxyl groups is 1. The van der Waals surface area contributed by atoms with Crippen molar-refractivity contribution in [1.82, 2.24) is 24.5 Å². The number of nitrogens with one attached hydrogen (secondary N) is 2. The second kappa shape index (κ2) is 11.5. The van der Waals surface area contributed by atoms with Crippen molar-refractivity contribution in [2.45, 2.75) is 37.6 Å². The number of phenolic OH excluding ortho intramolecular Hbond substituents is 1. The molecule has 0 saturated heterocycles. The maximum atomic E-state index is 13.0. The molecule has 3 aromatic carbocycles. The molecule has 0 fully saturated rings. The van der Waals surface area contributed by atoms with E-state index >= 15 is 0 Å². The Morgan fingerprint density at radius 1 is 1.00 bits per heavy atom. The van der Waals surface area contributed by atoms with Gasteiger partial charge in [0.2, 0.25) is 16.0 Å². The molecule has 5 aromatic rings. The highest BCUT2D eigenvalue weighted by Gasteiger charge is 2.22. The van der Waals surface area contributed by atoms with Gasteiger partial charge < -0.3 is 10.4 Å². The molecule has 0 aliphatic rings. The summed E-state index contributed by atoms with van der Waals surface area (Å²) in [4.78, 5) is 9.29. The summed E-state index contributed by atoms with van der Waals surface area (Å²) in [5.74, 6) is 0.384. The minimum absolute atomic E-state index is 0.0263. The Balaban J connectivity index is 1.28. The Morgan fingerprint density at radius 2 is 1.78 bits per heavy atom. The monoisotopic (exact) mass is 590 g/mol. The summed E-state index contributed by atoms with van der Waals surface area (Å²) in [6.45, 7) is 6.86. The molecule has 0 radical (unpaired) electrons. The molecule has 0 aliphatic heterocycles. The number of anilines is 1. The minimum atomic E-state index is -3.67. The maximum absolute atomic E-state index is 13.0. The molecule has 0 spiro atoms. The number of halogens is 1. The van der Waals surface area contributed by atoms with Gasteiger partial charge in [-0.05, 0) is 56.8 Å². The fraction of sp³-hybridized carbons (Fsp3) is 0.233. The molecule has 9 nitrogen and oxygen atoms in total. The molecule has 5 rings (SSSR count). The van der Waals surface area contributed by atoms with Crippen LogP contribution in [0.2, 0.25) is 5.02 Å². The standard InChI is InChI=1S/C30H31ClN6O3S/c1-30(2,3)37-19-23(28(36-37)21-12-13-24(31)26(38)18-21)25-14-17-33-29(35-25)32-15-7-16-34-41(39,40)27-11-6-9-20-8-4-5-10-22(20)27/h4-6,8-14,17-19,34,38H,7,15-16H2,1-3H3,(H,32,33,35). The summed E-state index contributed by atoms with van der Waals surface area (Å²) >= 11 is 6.03. The molecule has 0 amide bonds. The van der Waals surface area contributed by atoms with E-state index in [1.165, 1.54) is 0 Å². The zero-order chi connectivity index (χ0) is 29.2. The average molecular weight is 591 g/mol. The Bertz CT molecular complexity index is 1810. The quantitative estimate of drug-likeness (QED) is 0.178. The molecule has 2 heterocycles. The Hall–Kier alpha value is -3.99. The number of sulfonamides is 1. The summed E-state index contributed by atoms with van der Waals surface area (Å²) < 4.78 is 30.5. The van der Waals surface area contributed by atoms with Crippen molar-refractivity contribution >= 4 is 38.3 Å². The zero-order valence-corrected chi connectivity index (χ0v) is 24.5. The lowest BCUT2D eigenvalue weighted by molar-refractivity contribution is 0.356. The van der Waals surface area contributed by atoms with Crippen molar-refractivity contribution in [1.29, 1.82) is 0 Å². The van der Waals surface area contributed by atoms with E-state index < -0.39 is 10.0 Å². The highest BCUT2D eigenvalue weighted by Crippen LogP contribution is 2.35. The van der Waals surface area contributed by atoms with Gasteiger partial charge in [-0.2, -0.15) is 5.10 Å². The highest BCUT2D eigenvalue weighted by molar-refractivity contribution is 7.89. The van der Waals surface area contributed by atoms with Crippen molar-refractivity contribution in [3.63, 3.8) is 0 Å². The number of hydrogen-bond acceptors (Lipinski definition) is 7. The molecule has 0 saturated carbocycles. The van der Waals surface area contributed by atoms with Crippen molar-refractivity contribution in [2.24, 2.45) is 0 Å². The lowest BCUT2D eigenvalue weighted by atomic mass is 10.1. The summed E-state index contributed by atoms with van der Waals surface area (Å²) in [5, 5.41) is 20.0. The zero-order valence-electron chi connectivity index (χ0n) is 23.0. The fourth-order valence-electron chi connectivity index (χ4n) is 4.37. The molecule has 0 aliphatic carbocycles. The molecular weight excluding hydrogens is 560 g/mol. The second-order valence-electron chi connectivity index (χ2n) is 10.6. The van der Waals surface area contributed by atoms with Crippen LogP contribution < -0.4 is 10.0 Å². The van der Waals surface area contributed by atoms with Crippen LogP contribution in [0.3, 0.4) is 0 Å². The van der Waals surface area contributed by atoms with Crippen LogP contribution in [0, 0.1) is 0 Å². The molecule has 212 valence electrons. The Morgan fingerprint density at radius 3 is 2.56 bits per heavy atom. The Labute approximate surface area is 244 Å². The van der Waals surface area contributed by atoms with Crippen LogP contribution in [0.4, 0.5) is 5.95 Å². The molecule has 3 N–H and O–H groups in total. The number of rotatable bonds is 9. The van der Waals surface area contributed by atoms with Crippen LogP contribution in [-0.2, 0) is 15.6 Å². The van der Waals surface area contributed by atoms with Crippen LogP contribution in [0.15, 0.2) is 84.0 Å². The van der Waals surface area contributed by atoms with Gasteiger partial charge in [-0.25, -0.2) is 23.1 Å². The lowest BCUT2D eigenvalue weighted by Crippen LogP contribution is -2.26. The molecule has 11 heteroatoms. The van der Waals surface area contributed by atoms with Crippen LogP contribution >= 0.6 is 11.6 Å². The first kappa shape index (κ1) is 28.5. The van der Waals surface area contributed by atoms with Crippen LogP contribution in [0.1, 0.15) is 27.2 Å². The van der Waals surface area contributed by atoms with Crippen molar-refractivity contribution in [3.05, 3.63) is 84.1 Å². The van der Waals surface area contributed by atoms with E-state index in [4.69, 9.17) is 16.7 Å². The molecule has 0 atom stereocenters. The van der Waals surface area contributed by atoms with E-state index in [9.17, 15) is 13.5 Å². The first-order valence-electron chi connectivity index (χ1n) is 13.2. The molecule has 2 aromatic heterocycles. The van der Waals surface area contributed by atoms with Gasteiger partial charge in [-0.1, -0.05) is 54.1 Å². The van der Waals surface area contributed by atoms with Gasteiger partial charge in [0.05, 0.1) is 21.2 Å². The predicted molar refractivity (Wildman–Crippen MR) is 163 cm³/mol. The summed E-state index contributed by atoms with van der Waals surface area (Å²) in [7, 11) is -3.67. The van der Waals surface area contributed by atoms with Crippen molar-refractivity contribution in [2.75, 3.05) is 18.4 Å². The summed E-state index contributed by atoms with van der Waals surface area (Å²) in [6.07, 6.45) is 4.11. The third-order valence-corrected chi connectivity index (χ3v) is 8.36. The van der Waals surface area contributed by atoms with Gasteiger partial charge in [0, 0.05) is 42.0 Å². The third kappa shape index (κ3) is 6.35. The normalized spacial score (nSPS) is 12.1. The summed E-state index contributed by atoms with van der Waals surface area (Å²) in [5.41, 5.74) is 2.50. The van der Waals surface area contributed by atoms with E-state index in [-0.39, 0.29) is 27.8 Å². The van der Waals surface area contributed by atoms with Crippen molar-refractivity contribution in [3.8, 4) is 28.3 Å². The number of hydrogen-bond donors (Lipinski definition) is 3. The second-order valence-corrected chi connectivity index (χ2v) is 12.7. The van der Waals surface area contributed by atoms with E-state index in [0.717, 1.165) is 10.9 Å². The number of aromatic nitrogens is 4. The summed E-state index contributed by atoms with van der Waals surface area (Å²) in [6, 6.07) is 19.5. The number of fused-ring (bicyclic) bond motifs is 1. The first-order chi connectivity index (χ1) is 19.5. The van der Waals surface area contributed by atoms with E-state index in [2.05, 4.69) is 20.0 Å². The smallest absolute Gasteiger partial charge is 0.241 e. The van der Waals surface area contributed by atoms with Crippen LogP contribution in [-0.4, -0.2) is 46.4 Å². The predicted octanol–water partition coefficient (Wildman–Crippen LogP) is 6.05. The van der Waals surface area contributed by atoms with Gasteiger partial charge in [-0.15, -0.1) is 0 Å². The molecule has 0 bridgehead atoms. The third-order valence-electron chi connectivity index (χ3n) is 6.52. The van der Waals surface area contributed by atoms with E-state index in [0.29, 0.717) is 41.3 Å². The minimum Gasteiger partial charge on any atom is -0.506 e. The van der Waals surface area contributed by atoms with Gasteiger partial charge in [-0.3, -0.25) is 4.68 Å². The first-order valence-corrected chi connectivity index (χ1v) is 15.0. The molecular formula is C30H31ClN6O3S. The fourth-order valence-corrected chi connectivity index (χ4v) is 5.79. The average Bonchev–Trinajstić information content (AvgIpc) is 3.41. The highest BCUT2D eigenvalue weighted by atomic mass is 35.5. The Kier molecular flexibility index (Phi) is 7.99. The number of nitrogens with zero attached hydrogens (tertiary/aromatic N) is 4. The van der Waals surface area contributed by atoms with Crippen LogP contribution in [0.5, 0.6) is 5.75 Å². The SMILES string of the molecule is CC(C)(C)n1cc(-c2ccnc(NCCCNS(=O)(=O)c3cccc4ccccc34)n2)c(-c2ccc(Cl)c(O)c2)n1. The number of phenols is 1. The lowest BCUT2D eigenvalue weighted by Gasteiger charge is -2.18. The molecule has 0 unspecified atom stereocenters. The van der Waals surface area contributed by atoms with Gasteiger partial charge >= 0.3 is 0 Å². The van der Waals surface area contributed by atoms with Gasteiger partial charge in [0.25, 0.3) is 0 Å². The van der Waals surface area contributed by atoms with Crippen LogP contribution in [0.25, 0.3) is 33.3 Å². The van der Waals surface area contributed by atoms with E-state index in [1.54, 1.807) is 42.6 Å². The van der Waals surface area contributed by atoms with Gasteiger partial charge in [0.15, 0.2) is 0 Å². The maximum Gasteiger partial charge on any atom is 0.241 e. The largest absolute Gasteiger partial charge is 0.506 e. The van der Waals surface area contributed by atoms with Gasteiger partial charge in [0.1, 0.15) is 11.4 Å². The van der Waals surface area contributed by atoms with E-state index in [1.807, 2.05) is 62.0 Å². The number of benzene rings is 3.